The predicted octanol–water partition coefficient (Wildman–Crippen LogP) is 3.92. The number of halogens is 2. The van der Waals surface area contributed by atoms with Crippen LogP contribution in [0.3, 0.4) is 0 Å². The van der Waals surface area contributed by atoms with Gasteiger partial charge in [0.05, 0.1) is 13.5 Å². The van der Waals surface area contributed by atoms with Crippen molar-refractivity contribution in [3.8, 4) is 0 Å². The molecular weight excluding hydrogens is 387 g/mol. The summed E-state index contributed by atoms with van der Waals surface area (Å²) in [6, 6.07) is 11.9. The number of methoxy groups -OCH3 is 1. The molecule has 0 aliphatic heterocycles. The molecule has 7 heteroatoms. The molecule has 0 fully saturated rings. The van der Waals surface area contributed by atoms with Crippen molar-refractivity contribution < 1.29 is 14.3 Å². The Hall–Kier alpha value is -2.50. The van der Waals surface area contributed by atoms with Crippen LogP contribution in [0.2, 0.25) is 10.0 Å². The minimum atomic E-state index is -0.798. The van der Waals surface area contributed by atoms with Crippen LogP contribution < -0.4 is 5.32 Å². The van der Waals surface area contributed by atoms with Gasteiger partial charge in [-0.3, -0.25) is 4.79 Å². The number of carbonyl (C=O) groups excluding carboxylic acids is 2. The molecule has 0 aliphatic carbocycles. The van der Waals surface area contributed by atoms with Gasteiger partial charge < -0.3 is 15.0 Å². The highest BCUT2D eigenvalue weighted by atomic mass is 35.5. The largest absolute Gasteiger partial charge is 0.467 e. The van der Waals surface area contributed by atoms with Crippen molar-refractivity contribution in [3.63, 3.8) is 0 Å². The highest BCUT2D eigenvalue weighted by Crippen LogP contribution is 2.22. The van der Waals surface area contributed by atoms with E-state index in [1.165, 1.54) is 7.11 Å². The molecule has 3 rings (SSSR count). The first-order chi connectivity index (χ1) is 13.0. The Morgan fingerprint density at radius 2 is 1.93 bits per heavy atom. The number of rotatable bonds is 6. The molecular formula is C20H18Cl2N2O3. The summed E-state index contributed by atoms with van der Waals surface area (Å²) in [4.78, 5) is 27.8. The van der Waals surface area contributed by atoms with E-state index in [0.29, 0.717) is 22.0 Å². The molecule has 0 spiro atoms. The smallest absolute Gasteiger partial charge is 0.328 e. The lowest BCUT2D eigenvalue weighted by Gasteiger charge is -2.16. The summed E-state index contributed by atoms with van der Waals surface area (Å²) in [6.07, 6.45) is 2.19. The van der Waals surface area contributed by atoms with Gasteiger partial charge in [-0.05, 0) is 29.3 Å². The molecule has 1 atom stereocenters. The summed E-state index contributed by atoms with van der Waals surface area (Å²) in [5.74, 6) is -0.828. The highest BCUT2D eigenvalue weighted by molar-refractivity contribution is 6.35. The van der Waals surface area contributed by atoms with Gasteiger partial charge in [0, 0.05) is 33.6 Å². The van der Waals surface area contributed by atoms with Gasteiger partial charge in [0.1, 0.15) is 6.04 Å². The Morgan fingerprint density at radius 1 is 1.15 bits per heavy atom. The van der Waals surface area contributed by atoms with Gasteiger partial charge >= 0.3 is 5.97 Å². The van der Waals surface area contributed by atoms with Gasteiger partial charge in [0.25, 0.3) is 0 Å². The second-order valence-electron chi connectivity index (χ2n) is 6.12. The number of nitrogens with one attached hydrogen (secondary N) is 2. The molecule has 1 unspecified atom stereocenters. The number of carbonyl (C=O) groups is 2. The average Bonchev–Trinajstić information content (AvgIpc) is 3.06. The highest BCUT2D eigenvalue weighted by Gasteiger charge is 2.23. The monoisotopic (exact) mass is 404 g/mol. The van der Waals surface area contributed by atoms with Crippen LogP contribution in [0.25, 0.3) is 10.9 Å². The topological polar surface area (TPSA) is 71.2 Å². The molecule has 2 aromatic carbocycles. The van der Waals surface area contributed by atoms with Crippen LogP contribution in [0.1, 0.15) is 11.1 Å². The number of H-pyrrole nitrogens is 1. The molecule has 1 heterocycles. The number of hydrogen-bond acceptors (Lipinski definition) is 3. The summed E-state index contributed by atoms with van der Waals surface area (Å²) in [5, 5.41) is 4.65. The van der Waals surface area contributed by atoms with E-state index in [9.17, 15) is 9.59 Å². The number of hydrogen-bond donors (Lipinski definition) is 2. The minimum absolute atomic E-state index is 0.0391. The Bertz CT molecular complexity index is 984. The molecule has 1 aromatic heterocycles. The zero-order valence-electron chi connectivity index (χ0n) is 14.6. The molecule has 1 amide bonds. The number of aromatic amines is 1. The lowest BCUT2D eigenvalue weighted by molar-refractivity contribution is -0.145. The average molecular weight is 405 g/mol. The number of esters is 1. The quantitative estimate of drug-likeness (QED) is 0.611. The van der Waals surface area contributed by atoms with E-state index in [1.807, 2.05) is 30.5 Å². The fourth-order valence-corrected chi connectivity index (χ4v) is 3.41. The Morgan fingerprint density at radius 3 is 2.67 bits per heavy atom. The van der Waals surface area contributed by atoms with Crippen molar-refractivity contribution in [1.82, 2.24) is 10.3 Å². The number of benzene rings is 2. The Labute approximate surface area is 166 Å². The molecule has 3 aromatic rings. The van der Waals surface area contributed by atoms with E-state index in [4.69, 9.17) is 27.9 Å². The molecule has 5 nitrogen and oxygen atoms in total. The maximum atomic E-state index is 12.5. The van der Waals surface area contributed by atoms with Crippen LogP contribution in [0.4, 0.5) is 0 Å². The van der Waals surface area contributed by atoms with Crippen molar-refractivity contribution in [2.75, 3.05) is 7.11 Å². The van der Waals surface area contributed by atoms with Crippen LogP contribution in [0, 0.1) is 0 Å². The standard InChI is InChI=1S/C20H18Cl2N2O3/c1-27-20(26)18(8-13-11-23-17-5-3-2-4-15(13)17)24-19(25)9-12-6-7-14(21)10-16(12)22/h2-7,10-11,18,23H,8-9H2,1H3,(H,24,25). The van der Waals surface area contributed by atoms with Gasteiger partial charge in [0.2, 0.25) is 5.91 Å². The molecule has 0 saturated heterocycles. The SMILES string of the molecule is COC(=O)C(Cc1c[nH]c2ccccc12)NC(=O)Cc1ccc(Cl)cc1Cl. The van der Waals surface area contributed by atoms with E-state index < -0.39 is 12.0 Å². The van der Waals surface area contributed by atoms with Crippen molar-refractivity contribution in [2.45, 2.75) is 18.9 Å². The molecule has 140 valence electrons. The lowest BCUT2D eigenvalue weighted by Crippen LogP contribution is -2.43. The van der Waals surface area contributed by atoms with Crippen molar-refractivity contribution in [3.05, 3.63) is 69.8 Å². The van der Waals surface area contributed by atoms with E-state index in [0.717, 1.165) is 16.5 Å². The van der Waals surface area contributed by atoms with Crippen molar-refractivity contribution in [2.24, 2.45) is 0 Å². The van der Waals surface area contributed by atoms with Gasteiger partial charge in [-0.25, -0.2) is 4.79 Å². The fourth-order valence-electron chi connectivity index (χ4n) is 2.94. The fraction of sp³-hybridized carbons (Fsp3) is 0.200. The van der Waals surface area contributed by atoms with E-state index >= 15 is 0 Å². The van der Waals surface area contributed by atoms with Crippen LogP contribution >= 0.6 is 23.2 Å². The van der Waals surface area contributed by atoms with Crippen molar-refractivity contribution in [1.29, 1.82) is 0 Å². The second kappa shape index (κ2) is 8.46. The maximum Gasteiger partial charge on any atom is 0.328 e. The number of aromatic nitrogens is 1. The first-order valence-electron chi connectivity index (χ1n) is 8.34. The van der Waals surface area contributed by atoms with Gasteiger partial charge in [-0.2, -0.15) is 0 Å². The number of ether oxygens (including phenoxy) is 1. The summed E-state index contributed by atoms with van der Waals surface area (Å²) < 4.78 is 4.86. The van der Waals surface area contributed by atoms with E-state index in [-0.39, 0.29) is 12.3 Å². The predicted molar refractivity (Wildman–Crippen MR) is 106 cm³/mol. The zero-order valence-corrected chi connectivity index (χ0v) is 16.1. The summed E-state index contributed by atoms with van der Waals surface area (Å²) in [6.45, 7) is 0. The number of fused-ring (bicyclic) bond motifs is 1. The summed E-state index contributed by atoms with van der Waals surface area (Å²) in [7, 11) is 1.30. The molecule has 0 saturated carbocycles. The van der Waals surface area contributed by atoms with Gasteiger partial charge in [-0.15, -0.1) is 0 Å². The third-order valence-corrected chi connectivity index (χ3v) is 4.87. The lowest BCUT2D eigenvalue weighted by atomic mass is 10.0. The molecule has 0 aliphatic rings. The zero-order chi connectivity index (χ0) is 19.4. The van der Waals surface area contributed by atoms with Gasteiger partial charge in [-0.1, -0.05) is 47.5 Å². The number of para-hydroxylation sites is 1. The first kappa shape index (κ1) is 19.3. The normalized spacial score (nSPS) is 12.0. The maximum absolute atomic E-state index is 12.5. The minimum Gasteiger partial charge on any atom is -0.467 e. The summed E-state index contributed by atoms with van der Waals surface area (Å²) >= 11 is 12.0. The van der Waals surface area contributed by atoms with Crippen molar-refractivity contribution >= 4 is 46.0 Å². The van der Waals surface area contributed by atoms with E-state index in [2.05, 4.69) is 10.3 Å². The third kappa shape index (κ3) is 4.62. The molecule has 27 heavy (non-hydrogen) atoms. The second-order valence-corrected chi connectivity index (χ2v) is 6.96. The molecule has 0 radical (unpaired) electrons. The molecule has 2 N–H and O–H groups in total. The van der Waals surface area contributed by atoms with Crippen LogP contribution in [0.15, 0.2) is 48.7 Å². The Balaban J connectivity index is 1.75. The summed E-state index contributed by atoms with van der Waals surface area (Å²) in [5.41, 5.74) is 2.52. The third-order valence-electron chi connectivity index (χ3n) is 4.29. The molecule has 0 bridgehead atoms. The van der Waals surface area contributed by atoms with Crippen LogP contribution in [0.5, 0.6) is 0 Å². The van der Waals surface area contributed by atoms with Crippen LogP contribution in [-0.4, -0.2) is 30.0 Å². The first-order valence-corrected chi connectivity index (χ1v) is 9.09. The van der Waals surface area contributed by atoms with Crippen LogP contribution in [-0.2, 0) is 27.2 Å². The van der Waals surface area contributed by atoms with E-state index in [1.54, 1.807) is 18.2 Å². The Kier molecular flexibility index (Phi) is 6.04. The van der Waals surface area contributed by atoms with Gasteiger partial charge in [0.15, 0.2) is 0 Å². The number of amides is 1.